The second-order valence-corrected chi connectivity index (χ2v) is 7.44. The standard InChI is InChI=1S/C17H19F7O3/c1-4-7-27-8-14-6-5-9(13(14,2)3)10(11(14)25)12(26)15(18,19)16(20,21)17(22,23)24/h4,9,26H,1,5-8H2,2-3H3/b12-10-/t9-,14-/m1/s1. The molecule has 0 radical (unpaired) electrons. The first-order chi connectivity index (χ1) is 12.1. The van der Waals surface area contributed by atoms with Gasteiger partial charge in [0.15, 0.2) is 11.5 Å². The largest absolute Gasteiger partial charge is 0.506 e. The lowest BCUT2D eigenvalue weighted by Crippen LogP contribution is -2.53. The first-order valence-corrected chi connectivity index (χ1v) is 8.09. The number of halogens is 7. The van der Waals surface area contributed by atoms with Crippen LogP contribution in [0, 0.1) is 16.7 Å². The maximum atomic E-state index is 13.9. The summed E-state index contributed by atoms with van der Waals surface area (Å²) in [5, 5.41) is 9.76. The van der Waals surface area contributed by atoms with Crippen LogP contribution in [0.15, 0.2) is 24.0 Å². The van der Waals surface area contributed by atoms with Crippen molar-refractivity contribution in [3.8, 4) is 0 Å². The monoisotopic (exact) mass is 404 g/mol. The highest BCUT2D eigenvalue weighted by Crippen LogP contribution is 2.67. The van der Waals surface area contributed by atoms with Crippen LogP contribution in [0.3, 0.4) is 0 Å². The maximum Gasteiger partial charge on any atom is 0.460 e. The lowest BCUT2D eigenvalue weighted by Gasteiger charge is -2.35. The molecule has 0 saturated heterocycles. The maximum absolute atomic E-state index is 13.9. The molecule has 0 heterocycles. The minimum absolute atomic E-state index is 0.0309. The van der Waals surface area contributed by atoms with Crippen molar-refractivity contribution in [1.82, 2.24) is 0 Å². The summed E-state index contributed by atoms with van der Waals surface area (Å²) < 4.78 is 97.0. The van der Waals surface area contributed by atoms with Crippen molar-refractivity contribution >= 4 is 5.78 Å². The van der Waals surface area contributed by atoms with E-state index in [2.05, 4.69) is 6.58 Å². The highest BCUT2D eigenvalue weighted by atomic mass is 19.4. The second kappa shape index (κ2) is 6.22. The van der Waals surface area contributed by atoms with Gasteiger partial charge < -0.3 is 9.84 Å². The van der Waals surface area contributed by atoms with Crippen LogP contribution in [0.4, 0.5) is 30.7 Å². The third kappa shape index (κ3) is 2.70. The van der Waals surface area contributed by atoms with Gasteiger partial charge in [-0.15, -0.1) is 6.58 Å². The van der Waals surface area contributed by atoms with Gasteiger partial charge in [0.25, 0.3) is 0 Å². The van der Waals surface area contributed by atoms with Gasteiger partial charge in [0.05, 0.1) is 18.6 Å². The van der Waals surface area contributed by atoms with E-state index >= 15 is 0 Å². The van der Waals surface area contributed by atoms with E-state index in [-0.39, 0.29) is 26.1 Å². The Labute approximate surface area is 150 Å². The number of hydrogen-bond donors (Lipinski definition) is 1. The van der Waals surface area contributed by atoms with Gasteiger partial charge >= 0.3 is 18.0 Å². The summed E-state index contributed by atoms with van der Waals surface area (Å²) in [5.41, 5.74) is -3.53. The quantitative estimate of drug-likeness (QED) is 0.227. The van der Waals surface area contributed by atoms with Crippen molar-refractivity contribution in [3.63, 3.8) is 0 Å². The summed E-state index contributed by atoms with van der Waals surface area (Å²) in [6, 6.07) is 0. The van der Waals surface area contributed by atoms with E-state index < -0.39 is 51.9 Å². The summed E-state index contributed by atoms with van der Waals surface area (Å²) in [4.78, 5) is 12.8. The highest BCUT2D eigenvalue weighted by molar-refractivity contribution is 6.05. The van der Waals surface area contributed by atoms with E-state index in [0.29, 0.717) is 0 Å². The fraction of sp³-hybridized carbons (Fsp3) is 0.706. The Morgan fingerprint density at radius 2 is 1.81 bits per heavy atom. The Bertz CT molecular complexity index is 679. The molecule has 2 fully saturated rings. The van der Waals surface area contributed by atoms with E-state index in [4.69, 9.17) is 4.74 Å². The van der Waals surface area contributed by atoms with E-state index in [1.165, 1.54) is 19.9 Å². The smallest absolute Gasteiger partial charge is 0.460 e. The summed E-state index contributed by atoms with van der Waals surface area (Å²) >= 11 is 0. The van der Waals surface area contributed by atoms with Gasteiger partial charge in [-0.1, -0.05) is 19.9 Å². The lowest BCUT2D eigenvalue weighted by molar-refractivity contribution is -0.349. The third-order valence-electron chi connectivity index (χ3n) is 5.88. The average Bonchev–Trinajstić information content (AvgIpc) is 2.87. The Balaban J connectivity index is 2.56. The number of alkyl halides is 7. The molecule has 27 heavy (non-hydrogen) atoms. The van der Waals surface area contributed by atoms with Crippen molar-refractivity contribution in [2.24, 2.45) is 16.7 Å². The zero-order valence-corrected chi connectivity index (χ0v) is 14.6. The number of carbonyl (C=O) groups excluding carboxylic acids is 1. The van der Waals surface area contributed by atoms with Gasteiger partial charge in [0.2, 0.25) is 0 Å². The van der Waals surface area contributed by atoms with Crippen molar-refractivity contribution in [3.05, 3.63) is 24.0 Å². The lowest BCUT2D eigenvalue weighted by atomic mass is 9.69. The molecular weight excluding hydrogens is 385 g/mol. The molecule has 2 rings (SSSR count). The van der Waals surface area contributed by atoms with E-state index in [1.54, 1.807) is 0 Å². The molecule has 0 aromatic carbocycles. The van der Waals surface area contributed by atoms with Crippen LogP contribution in [-0.2, 0) is 9.53 Å². The molecule has 0 aromatic heterocycles. The molecule has 2 aliphatic carbocycles. The highest BCUT2D eigenvalue weighted by Gasteiger charge is 2.77. The van der Waals surface area contributed by atoms with Gasteiger partial charge in [0.1, 0.15) is 0 Å². The van der Waals surface area contributed by atoms with Crippen molar-refractivity contribution in [1.29, 1.82) is 0 Å². The van der Waals surface area contributed by atoms with Crippen LogP contribution in [0.5, 0.6) is 0 Å². The topological polar surface area (TPSA) is 46.5 Å². The molecule has 0 amide bonds. The van der Waals surface area contributed by atoms with Crippen LogP contribution < -0.4 is 0 Å². The van der Waals surface area contributed by atoms with E-state index in [9.17, 15) is 40.6 Å². The second-order valence-electron chi connectivity index (χ2n) is 7.44. The molecule has 0 aromatic rings. The Kier molecular flexibility index (Phi) is 5.00. The summed E-state index contributed by atoms with van der Waals surface area (Å²) in [5.74, 6) is -17.2. The first kappa shape index (κ1) is 21.7. The molecule has 3 nitrogen and oxygen atoms in total. The number of rotatable bonds is 6. The molecule has 10 heteroatoms. The fourth-order valence-corrected chi connectivity index (χ4v) is 4.14. The van der Waals surface area contributed by atoms with Crippen LogP contribution in [0.25, 0.3) is 0 Å². The number of aliphatic hydroxyl groups is 1. The summed E-state index contributed by atoms with van der Waals surface area (Å²) in [6.07, 6.45) is -4.98. The molecular formula is C17H19F7O3. The average molecular weight is 404 g/mol. The molecule has 154 valence electrons. The van der Waals surface area contributed by atoms with Crippen molar-refractivity contribution in [2.45, 2.75) is 44.7 Å². The van der Waals surface area contributed by atoms with Gasteiger partial charge in [-0.3, -0.25) is 4.79 Å². The molecule has 2 bridgehead atoms. The molecule has 2 atom stereocenters. The molecule has 0 unspecified atom stereocenters. The summed E-state index contributed by atoms with van der Waals surface area (Å²) in [7, 11) is 0. The normalized spacial score (nSPS) is 30.0. The fourth-order valence-electron chi connectivity index (χ4n) is 4.14. The number of carbonyl (C=O) groups is 1. The van der Waals surface area contributed by atoms with Gasteiger partial charge in [-0.2, -0.15) is 30.7 Å². The van der Waals surface area contributed by atoms with Gasteiger partial charge in [-0.05, 0) is 24.2 Å². The number of allylic oxidation sites excluding steroid dienone is 2. The Morgan fingerprint density at radius 1 is 1.26 bits per heavy atom. The molecule has 0 aliphatic heterocycles. The number of fused-ring (bicyclic) bond motifs is 2. The number of Topliss-reactive ketones (excluding diaryl/α,β-unsaturated/α-hetero) is 1. The van der Waals surface area contributed by atoms with Crippen LogP contribution in [0.1, 0.15) is 26.7 Å². The first-order valence-electron chi connectivity index (χ1n) is 8.09. The Hall–Kier alpha value is -1.58. The zero-order chi connectivity index (χ0) is 21.1. The molecule has 1 N–H and O–H groups in total. The van der Waals surface area contributed by atoms with Crippen LogP contribution >= 0.6 is 0 Å². The Morgan fingerprint density at radius 3 is 2.30 bits per heavy atom. The third-order valence-corrected chi connectivity index (χ3v) is 5.88. The van der Waals surface area contributed by atoms with Gasteiger partial charge in [-0.25, -0.2) is 0 Å². The van der Waals surface area contributed by atoms with E-state index in [0.717, 1.165) is 0 Å². The number of hydrogen-bond acceptors (Lipinski definition) is 3. The molecule has 2 saturated carbocycles. The minimum atomic E-state index is -6.61. The minimum Gasteiger partial charge on any atom is -0.506 e. The predicted molar refractivity (Wildman–Crippen MR) is 80.6 cm³/mol. The van der Waals surface area contributed by atoms with Crippen molar-refractivity contribution in [2.75, 3.05) is 13.2 Å². The SMILES string of the molecule is C=CCOC[C@]12CC[C@H](/C(=C(/O)C(F)(F)C(F)(F)C(F)(F)F)C1=O)C2(C)C. The zero-order valence-electron chi connectivity index (χ0n) is 14.6. The molecule has 2 aliphatic rings. The summed E-state index contributed by atoms with van der Waals surface area (Å²) in [6.45, 7) is 6.22. The predicted octanol–water partition coefficient (Wildman–Crippen LogP) is 4.84. The molecule has 0 spiro atoms. The van der Waals surface area contributed by atoms with Crippen LogP contribution in [0.2, 0.25) is 0 Å². The van der Waals surface area contributed by atoms with Crippen molar-refractivity contribution < 1.29 is 45.4 Å². The van der Waals surface area contributed by atoms with Gasteiger partial charge in [0, 0.05) is 5.57 Å². The number of aliphatic hydroxyl groups excluding tert-OH is 1. The number of ether oxygens (including phenoxy) is 1. The van der Waals surface area contributed by atoms with Crippen LogP contribution in [-0.4, -0.2) is 42.1 Å². The number of ketones is 1. The van der Waals surface area contributed by atoms with E-state index in [1.807, 2.05) is 0 Å².